The van der Waals surface area contributed by atoms with Crippen molar-refractivity contribution in [1.82, 2.24) is 4.98 Å². The Labute approximate surface area is 155 Å². The van der Waals surface area contributed by atoms with Crippen LogP contribution in [-0.2, 0) is 17.9 Å². The number of ether oxygens (including phenoxy) is 1. The van der Waals surface area contributed by atoms with Gasteiger partial charge in [-0.3, -0.25) is 10.1 Å². The van der Waals surface area contributed by atoms with Crippen molar-refractivity contribution in [3.05, 3.63) is 75.5 Å². The molecule has 8 nitrogen and oxygen atoms in total. The van der Waals surface area contributed by atoms with Crippen LogP contribution in [-0.4, -0.2) is 17.0 Å². The van der Waals surface area contributed by atoms with E-state index in [-0.39, 0.29) is 23.2 Å². The normalized spacial score (nSPS) is 10.4. The van der Waals surface area contributed by atoms with E-state index in [0.29, 0.717) is 18.7 Å². The fourth-order valence-electron chi connectivity index (χ4n) is 2.54. The summed E-state index contributed by atoms with van der Waals surface area (Å²) < 4.78 is 10.8. The third-order valence-electron chi connectivity index (χ3n) is 3.81. The molecule has 0 aliphatic carbocycles. The number of rotatable bonds is 7. The van der Waals surface area contributed by atoms with Gasteiger partial charge in [0.25, 0.3) is 5.69 Å². The first-order chi connectivity index (χ1) is 13.1. The number of hydrogen-bond acceptors (Lipinski definition) is 7. The van der Waals surface area contributed by atoms with Crippen molar-refractivity contribution < 1.29 is 14.1 Å². The lowest BCUT2D eigenvalue weighted by Crippen LogP contribution is -2.00. The van der Waals surface area contributed by atoms with Crippen LogP contribution in [0, 0.1) is 21.4 Å². The minimum Gasteiger partial charge on any atom is -0.419 e. The second kappa shape index (κ2) is 8.12. The highest BCUT2D eigenvalue weighted by molar-refractivity contribution is 5.60. The van der Waals surface area contributed by atoms with Gasteiger partial charge in [0.05, 0.1) is 11.5 Å². The molecule has 3 rings (SSSR count). The fraction of sp³-hybridized carbons (Fsp3) is 0.158. The molecule has 0 radical (unpaired) electrons. The number of methoxy groups -OCH3 is 1. The van der Waals surface area contributed by atoms with Gasteiger partial charge in [-0.2, -0.15) is 10.2 Å². The maximum atomic E-state index is 10.7. The first-order valence-electron chi connectivity index (χ1n) is 8.07. The van der Waals surface area contributed by atoms with Gasteiger partial charge in [-0.25, -0.2) is 0 Å². The minimum atomic E-state index is -0.481. The van der Waals surface area contributed by atoms with Crippen LogP contribution in [0.4, 0.5) is 11.6 Å². The molecule has 1 heterocycles. The van der Waals surface area contributed by atoms with Crippen LogP contribution in [0.1, 0.15) is 16.8 Å². The molecule has 27 heavy (non-hydrogen) atoms. The number of nitriles is 1. The van der Waals surface area contributed by atoms with E-state index in [9.17, 15) is 15.4 Å². The predicted molar refractivity (Wildman–Crippen MR) is 97.8 cm³/mol. The molecule has 0 aliphatic rings. The quantitative estimate of drug-likeness (QED) is 0.500. The molecule has 0 bridgehead atoms. The van der Waals surface area contributed by atoms with Gasteiger partial charge in [0.2, 0.25) is 17.5 Å². The SMILES string of the molecule is COCc1cccc(CNc2oc(-c3ccc([N+](=O)[O-])cc3)nc2C#N)c1. The molecule has 3 aromatic rings. The predicted octanol–water partition coefficient (Wildman–Crippen LogP) is 3.88. The Kier molecular flexibility index (Phi) is 5.44. The third kappa shape index (κ3) is 4.29. The summed E-state index contributed by atoms with van der Waals surface area (Å²) in [6.45, 7) is 0.963. The Hall–Kier alpha value is -3.70. The largest absolute Gasteiger partial charge is 0.419 e. The van der Waals surface area contributed by atoms with Crippen molar-refractivity contribution >= 4 is 11.6 Å². The molecule has 0 saturated heterocycles. The summed E-state index contributed by atoms with van der Waals surface area (Å²) in [6.07, 6.45) is 0. The van der Waals surface area contributed by atoms with E-state index in [2.05, 4.69) is 10.3 Å². The van der Waals surface area contributed by atoms with E-state index in [1.807, 2.05) is 30.3 Å². The number of nitro groups is 1. The number of oxazole rings is 1. The molecule has 0 aliphatic heterocycles. The zero-order valence-corrected chi connectivity index (χ0v) is 14.5. The highest BCUT2D eigenvalue weighted by Crippen LogP contribution is 2.27. The number of nitrogens with one attached hydrogen (secondary N) is 1. The van der Waals surface area contributed by atoms with E-state index in [0.717, 1.165) is 11.1 Å². The molecule has 1 aromatic heterocycles. The van der Waals surface area contributed by atoms with Crippen LogP contribution in [0.3, 0.4) is 0 Å². The maximum absolute atomic E-state index is 10.7. The van der Waals surface area contributed by atoms with Crippen molar-refractivity contribution in [3.63, 3.8) is 0 Å². The standard InChI is InChI=1S/C19H16N4O4/c1-26-12-14-4-2-3-13(9-14)11-21-19-17(10-20)22-18(27-19)15-5-7-16(8-6-15)23(24)25/h2-9,21H,11-12H2,1H3. The lowest BCUT2D eigenvalue weighted by atomic mass is 10.1. The van der Waals surface area contributed by atoms with Gasteiger partial charge in [0.1, 0.15) is 6.07 Å². The fourth-order valence-corrected chi connectivity index (χ4v) is 2.54. The maximum Gasteiger partial charge on any atom is 0.269 e. The molecule has 0 atom stereocenters. The zero-order valence-electron chi connectivity index (χ0n) is 14.5. The number of anilines is 1. The topological polar surface area (TPSA) is 114 Å². The molecule has 136 valence electrons. The number of nitro benzene ring substituents is 1. The van der Waals surface area contributed by atoms with Crippen LogP contribution >= 0.6 is 0 Å². The molecule has 0 amide bonds. The highest BCUT2D eigenvalue weighted by atomic mass is 16.6. The van der Waals surface area contributed by atoms with Crippen molar-refractivity contribution in [2.75, 3.05) is 12.4 Å². The van der Waals surface area contributed by atoms with Gasteiger partial charge >= 0.3 is 0 Å². The third-order valence-corrected chi connectivity index (χ3v) is 3.81. The second-order valence-electron chi connectivity index (χ2n) is 5.72. The summed E-state index contributed by atoms with van der Waals surface area (Å²) >= 11 is 0. The number of hydrogen-bond donors (Lipinski definition) is 1. The average Bonchev–Trinajstić information content (AvgIpc) is 3.10. The first-order valence-corrected chi connectivity index (χ1v) is 8.07. The molecular formula is C19H16N4O4. The Morgan fingerprint density at radius 2 is 2.00 bits per heavy atom. The summed E-state index contributed by atoms with van der Waals surface area (Å²) in [5.74, 6) is 0.472. The van der Waals surface area contributed by atoms with Crippen LogP contribution < -0.4 is 5.32 Å². The van der Waals surface area contributed by atoms with Crippen LogP contribution in [0.5, 0.6) is 0 Å². The van der Waals surface area contributed by atoms with E-state index < -0.39 is 4.92 Å². The van der Waals surface area contributed by atoms with Gasteiger partial charge in [-0.05, 0) is 23.3 Å². The van der Waals surface area contributed by atoms with E-state index in [1.54, 1.807) is 7.11 Å². The smallest absolute Gasteiger partial charge is 0.269 e. The van der Waals surface area contributed by atoms with E-state index in [4.69, 9.17) is 9.15 Å². The van der Waals surface area contributed by atoms with Gasteiger partial charge in [0.15, 0.2) is 0 Å². The molecule has 8 heteroatoms. The molecule has 0 fully saturated rings. The number of benzene rings is 2. The lowest BCUT2D eigenvalue weighted by Gasteiger charge is -2.06. The van der Waals surface area contributed by atoms with Gasteiger partial charge < -0.3 is 14.5 Å². The van der Waals surface area contributed by atoms with E-state index in [1.165, 1.54) is 24.3 Å². The summed E-state index contributed by atoms with van der Waals surface area (Å²) in [7, 11) is 1.64. The zero-order chi connectivity index (χ0) is 19.2. The Morgan fingerprint density at radius 1 is 1.26 bits per heavy atom. The molecule has 1 N–H and O–H groups in total. The van der Waals surface area contributed by atoms with Gasteiger partial charge in [-0.15, -0.1) is 0 Å². The Morgan fingerprint density at radius 3 is 2.67 bits per heavy atom. The summed E-state index contributed by atoms with van der Waals surface area (Å²) in [4.78, 5) is 14.4. The second-order valence-corrected chi connectivity index (χ2v) is 5.72. The molecule has 2 aromatic carbocycles. The monoisotopic (exact) mass is 364 g/mol. The lowest BCUT2D eigenvalue weighted by molar-refractivity contribution is -0.384. The van der Waals surface area contributed by atoms with Crippen molar-refractivity contribution in [1.29, 1.82) is 5.26 Å². The molecule has 0 saturated carbocycles. The van der Waals surface area contributed by atoms with Crippen LogP contribution in [0.25, 0.3) is 11.5 Å². The molecular weight excluding hydrogens is 348 g/mol. The molecule has 0 unspecified atom stereocenters. The summed E-state index contributed by atoms with van der Waals surface area (Å²) in [6, 6.07) is 15.6. The number of nitrogens with zero attached hydrogens (tertiary/aromatic N) is 3. The highest BCUT2D eigenvalue weighted by Gasteiger charge is 2.15. The number of non-ortho nitro benzene ring substituents is 1. The van der Waals surface area contributed by atoms with Gasteiger partial charge in [-0.1, -0.05) is 24.3 Å². The Bertz CT molecular complexity index is 990. The minimum absolute atomic E-state index is 0.0277. The van der Waals surface area contributed by atoms with Crippen molar-refractivity contribution in [2.24, 2.45) is 0 Å². The number of aromatic nitrogens is 1. The van der Waals surface area contributed by atoms with Crippen molar-refractivity contribution in [2.45, 2.75) is 13.2 Å². The summed E-state index contributed by atoms with van der Waals surface area (Å²) in [5.41, 5.74) is 2.69. The average molecular weight is 364 g/mol. The van der Waals surface area contributed by atoms with Crippen LogP contribution in [0.15, 0.2) is 52.9 Å². The van der Waals surface area contributed by atoms with Gasteiger partial charge in [0, 0.05) is 31.4 Å². The first kappa shape index (κ1) is 18.1. The Balaban J connectivity index is 1.77. The summed E-state index contributed by atoms with van der Waals surface area (Å²) in [5, 5.41) is 23.1. The van der Waals surface area contributed by atoms with E-state index >= 15 is 0 Å². The van der Waals surface area contributed by atoms with Crippen LogP contribution in [0.2, 0.25) is 0 Å². The van der Waals surface area contributed by atoms with Crippen molar-refractivity contribution in [3.8, 4) is 17.5 Å². The molecule has 0 spiro atoms.